The monoisotopic (exact) mass is 264 g/mol. The Hall–Kier alpha value is -2.50. The second-order valence-corrected chi connectivity index (χ2v) is 3.87. The molecule has 100 valence electrons. The second-order valence-electron chi connectivity index (χ2n) is 3.87. The van der Waals surface area contributed by atoms with E-state index in [9.17, 15) is 9.59 Å². The van der Waals surface area contributed by atoms with Crippen molar-refractivity contribution in [3.8, 4) is 5.75 Å². The molecule has 0 saturated heterocycles. The third-order valence-electron chi connectivity index (χ3n) is 2.59. The van der Waals surface area contributed by atoms with E-state index in [1.165, 1.54) is 7.11 Å². The van der Waals surface area contributed by atoms with E-state index in [1.54, 1.807) is 25.1 Å². The molecule has 0 aliphatic carbocycles. The first kappa shape index (κ1) is 12.9. The first-order valence-corrected chi connectivity index (χ1v) is 5.49. The Morgan fingerprint density at radius 1 is 1.37 bits per heavy atom. The maximum Gasteiger partial charge on any atom is 0.342 e. The molecule has 2 aromatic rings. The number of fused-ring (bicyclic) bond motifs is 1. The number of hydrogen-bond acceptors (Lipinski definition) is 5. The number of aliphatic carboxylic acids is 1. The van der Waals surface area contributed by atoms with Crippen LogP contribution in [0.4, 0.5) is 0 Å². The van der Waals surface area contributed by atoms with Crippen molar-refractivity contribution in [2.45, 2.75) is 6.92 Å². The van der Waals surface area contributed by atoms with Gasteiger partial charge in [-0.3, -0.25) is 0 Å². The van der Waals surface area contributed by atoms with E-state index < -0.39 is 18.5 Å². The summed E-state index contributed by atoms with van der Waals surface area (Å²) >= 11 is 0. The molecule has 0 radical (unpaired) electrons. The maximum absolute atomic E-state index is 11.7. The Morgan fingerprint density at radius 3 is 2.74 bits per heavy atom. The van der Waals surface area contributed by atoms with Crippen LogP contribution < -0.4 is 4.74 Å². The van der Waals surface area contributed by atoms with Gasteiger partial charge in [0.2, 0.25) is 0 Å². The van der Waals surface area contributed by atoms with Gasteiger partial charge in [0.1, 0.15) is 22.7 Å². The normalized spacial score (nSPS) is 10.4. The molecule has 2 rings (SSSR count). The van der Waals surface area contributed by atoms with Crippen LogP contribution in [0.15, 0.2) is 22.6 Å². The molecule has 1 aromatic heterocycles. The summed E-state index contributed by atoms with van der Waals surface area (Å²) in [7, 11) is 1.28. The Labute approximate surface area is 108 Å². The van der Waals surface area contributed by atoms with Crippen LogP contribution in [-0.4, -0.2) is 30.8 Å². The van der Waals surface area contributed by atoms with Crippen molar-refractivity contribution in [1.29, 1.82) is 0 Å². The number of hydrogen-bond donors (Lipinski definition) is 1. The van der Waals surface area contributed by atoms with E-state index in [2.05, 4.69) is 4.74 Å². The number of carboxylic acids is 1. The first-order valence-electron chi connectivity index (χ1n) is 5.49. The number of carbonyl (C=O) groups is 2. The van der Waals surface area contributed by atoms with Gasteiger partial charge in [-0.05, 0) is 25.1 Å². The zero-order valence-electron chi connectivity index (χ0n) is 10.4. The standard InChI is InChI=1S/C13H12O6/c1-7-12(13(16)17-2)9-5-8(18-6-11(14)15)3-4-10(9)19-7/h3-5H,6H2,1-2H3,(H,14,15). The highest BCUT2D eigenvalue weighted by molar-refractivity contribution is 6.04. The molecule has 0 spiro atoms. The molecule has 0 bridgehead atoms. The highest BCUT2D eigenvalue weighted by atomic mass is 16.5. The lowest BCUT2D eigenvalue weighted by Crippen LogP contribution is -2.09. The topological polar surface area (TPSA) is 86.0 Å². The van der Waals surface area contributed by atoms with E-state index in [4.69, 9.17) is 14.3 Å². The van der Waals surface area contributed by atoms with Gasteiger partial charge in [0.15, 0.2) is 6.61 Å². The van der Waals surface area contributed by atoms with Gasteiger partial charge in [0.25, 0.3) is 0 Å². The first-order chi connectivity index (χ1) is 9.02. The summed E-state index contributed by atoms with van der Waals surface area (Å²) in [5.41, 5.74) is 0.832. The van der Waals surface area contributed by atoms with Crippen LogP contribution in [0.2, 0.25) is 0 Å². The van der Waals surface area contributed by atoms with Crippen molar-refractivity contribution < 1.29 is 28.6 Å². The summed E-state index contributed by atoms with van der Waals surface area (Å²) in [5, 5.41) is 9.09. The summed E-state index contributed by atoms with van der Waals surface area (Å²) in [6, 6.07) is 4.75. The summed E-state index contributed by atoms with van der Waals surface area (Å²) in [6.45, 7) is 1.21. The molecule has 0 amide bonds. The Morgan fingerprint density at radius 2 is 2.11 bits per heavy atom. The van der Waals surface area contributed by atoms with Crippen LogP contribution in [0.3, 0.4) is 0 Å². The Bertz CT molecular complexity index is 640. The number of esters is 1. The molecule has 1 N–H and O–H groups in total. The van der Waals surface area contributed by atoms with Gasteiger partial charge in [0.05, 0.1) is 7.11 Å². The minimum absolute atomic E-state index is 0.318. The number of aryl methyl sites for hydroxylation is 1. The second kappa shape index (κ2) is 5.01. The molecule has 1 heterocycles. The summed E-state index contributed by atoms with van der Waals surface area (Å²) < 4.78 is 15.2. The van der Waals surface area contributed by atoms with Crippen molar-refractivity contribution in [2.24, 2.45) is 0 Å². The third kappa shape index (κ3) is 2.52. The van der Waals surface area contributed by atoms with Crippen LogP contribution in [0, 0.1) is 6.92 Å². The lowest BCUT2D eigenvalue weighted by atomic mass is 10.1. The SMILES string of the molecule is COC(=O)c1c(C)oc2ccc(OCC(=O)O)cc12. The quantitative estimate of drug-likeness (QED) is 0.850. The minimum Gasteiger partial charge on any atom is -0.482 e. The summed E-state index contributed by atoms with van der Waals surface area (Å²) in [4.78, 5) is 22.1. The van der Waals surface area contributed by atoms with Crippen LogP contribution in [0.1, 0.15) is 16.1 Å². The van der Waals surface area contributed by atoms with E-state index >= 15 is 0 Å². The van der Waals surface area contributed by atoms with E-state index in [-0.39, 0.29) is 0 Å². The fourth-order valence-electron chi connectivity index (χ4n) is 1.79. The molecule has 0 aliphatic heterocycles. The molecule has 1 aromatic carbocycles. The molecular weight excluding hydrogens is 252 g/mol. The number of methoxy groups -OCH3 is 1. The van der Waals surface area contributed by atoms with Gasteiger partial charge in [-0.1, -0.05) is 0 Å². The number of carboxylic acid groups (broad SMARTS) is 1. The molecule has 19 heavy (non-hydrogen) atoms. The van der Waals surface area contributed by atoms with Crippen molar-refractivity contribution >= 4 is 22.9 Å². The number of ether oxygens (including phenoxy) is 2. The summed E-state index contributed by atoms with van der Waals surface area (Å²) in [6.07, 6.45) is 0. The maximum atomic E-state index is 11.7. The molecule has 0 unspecified atom stereocenters. The number of benzene rings is 1. The van der Waals surface area contributed by atoms with Crippen LogP contribution in [0.25, 0.3) is 11.0 Å². The molecule has 0 aliphatic rings. The molecule has 0 saturated carbocycles. The largest absolute Gasteiger partial charge is 0.482 e. The van der Waals surface area contributed by atoms with Crippen LogP contribution >= 0.6 is 0 Å². The highest BCUT2D eigenvalue weighted by Gasteiger charge is 2.19. The van der Waals surface area contributed by atoms with Crippen molar-refractivity contribution in [2.75, 3.05) is 13.7 Å². The lowest BCUT2D eigenvalue weighted by Gasteiger charge is -2.03. The van der Waals surface area contributed by atoms with Crippen molar-refractivity contribution in [3.05, 3.63) is 29.5 Å². The van der Waals surface area contributed by atoms with Gasteiger partial charge in [-0.15, -0.1) is 0 Å². The number of rotatable bonds is 4. The average molecular weight is 264 g/mol. The van der Waals surface area contributed by atoms with E-state index in [1.807, 2.05) is 0 Å². The Balaban J connectivity index is 2.45. The van der Waals surface area contributed by atoms with Crippen LogP contribution in [-0.2, 0) is 9.53 Å². The van der Waals surface area contributed by atoms with E-state index in [0.717, 1.165) is 0 Å². The zero-order chi connectivity index (χ0) is 14.0. The van der Waals surface area contributed by atoms with Crippen molar-refractivity contribution in [3.63, 3.8) is 0 Å². The Kier molecular flexibility index (Phi) is 3.41. The number of furan rings is 1. The minimum atomic E-state index is -1.07. The summed E-state index contributed by atoms with van der Waals surface area (Å²) in [5.74, 6) is -0.790. The predicted octanol–water partition coefficient (Wildman–Crippen LogP) is 1.99. The third-order valence-corrected chi connectivity index (χ3v) is 2.59. The molecule has 0 fully saturated rings. The van der Waals surface area contributed by atoms with Gasteiger partial charge in [-0.25, -0.2) is 9.59 Å². The van der Waals surface area contributed by atoms with Crippen LogP contribution in [0.5, 0.6) is 5.75 Å². The lowest BCUT2D eigenvalue weighted by molar-refractivity contribution is -0.139. The smallest absolute Gasteiger partial charge is 0.342 e. The predicted molar refractivity (Wildman–Crippen MR) is 65.4 cm³/mol. The fourth-order valence-corrected chi connectivity index (χ4v) is 1.79. The van der Waals surface area contributed by atoms with E-state index in [0.29, 0.717) is 28.0 Å². The van der Waals surface area contributed by atoms with Gasteiger partial charge in [-0.2, -0.15) is 0 Å². The molecule has 6 heteroatoms. The van der Waals surface area contributed by atoms with Crippen molar-refractivity contribution in [1.82, 2.24) is 0 Å². The van der Waals surface area contributed by atoms with Gasteiger partial charge >= 0.3 is 11.9 Å². The highest BCUT2D eigenvalue weighted by Crippen LogP contribution is 2.29. The fraction of sp³-hybridized carbons (Fsp3) is 0.231. The number of carbonyl (C=O) groups excluding carboxylic acids is 1. The van der Waals surface area contributed by atoms with Gasteiger partial charge < -0.3 is 19.0 Å². The van der Waals surface area contributed by atoms with Gasteiger partial charge in [0, 0.05) is 5.39 Å². The zero-order valence-corrected chi connectivity index (χ0v) is 10.4. The molecule has 0 atom stereocenters. The molecule has 6 nitrogen and oxygen atoms in total. The average Bonchev–Trinajstić information content (AvgIpc) is 2.70. The molecular formula is C13H12O6.